The number of hydrogen-bond donors (Lipinski definition) is 0. The van der Waals surface area contributed by atoms with E-state index in [0.717, 1.165) is 25.9 Å². The molecule has 1 heterocycles. The van der Waals surface area contributed by atoms with E-state index in [1.165, 1.54) is 6.42 Å². The predicted octanol–water partition coefficient (Wildman–Crippen LogP) is 4.52. The second-order valence-corrected chi connectivity index (χ2v) is 11.7. The zero-order valence-electron chi connectivity index (χ0n) is 12.8. The highest BCUT2D eigenvalue weighted by Crippen LogP contribution is 2.37. The van der Waals surface area contributed by atoms with E-state index < -0.39 is 8.32 Å². The maximum Gasteiger partial charge on any atom is 0.192 e. The van der Waals surface area contributed by atoms with Crippen molar-refractivity contribution >= 4 is 8.32 Å². The van der Waals surface area contributed by atoms with Gasteiger partial charge in [-0.25, -0.2) is 0 Å². The molecule has 0 N–H and O–H groups in total. The maximum absolute atomic E-state index is 6.22. The molecule has 1 aliphatic rings. The molecular formula is C15H30O2Si. The lowest BCUT2D eigenvalue weighted by molar-refractivity contribution is 0.0120. The van der Waals surface area contributed by atoms with E-state index in [4.69, 9.17) is 9.16 Å². The smallest absolute Gasteiger partial charge is 0.192 e. The summed E-state index contributed by atoms with van der Waals surface area (Å²) in [5.74, 6) is 0. The fourth-order valence-electron chi connectivity index (χ4n) is 1.94. The molecule has 0 radical (unpaired) electrons. The van der Waals surface area contributed by atoms with Gasteiger partial charge in [0, 0.05) is 0 Å². The van der Waals surface area contributed by atoms with Crippen LogP contribution in [0.5, 0.6) is 0 Å². The van der Waals surface area contributed by atoms with Gasteiger partial charge >= 0.3 is 0 Å². The molecule has 0 unspecified atom stereocenters. The highest BCUT2D eigenvalue weighted by Gasteiger charge is 2.38. The molecule has 1 saturated heterocycles. The summed E-state index contributed by atoms with van der Waals surface area (Å²) in [6.45, 7) is 16.0. The van der Waals surface area contributed by atoms with Gasteiger partial charge in [0.1, 0.15) is 0 Å². The van der Waals surface area contributed by atoms with Crippen molar-refractivity contribution in [2.75, 3.05) is 6.61 Å². The standard InChI is InChI=1S/C15H30O2Si/c1-7-8-9-13-10-11-14(17-13)12-16-18(5,6)15(2,3)4/h7,13-14H,1,8-12H2,2-6H3/t13-,14+/m1/s1. The van der Waals surface area contributed by atoms with Crippen molar-refractivity contribution in [1.29, 1.82) is 0 Å². The lowest BCUT2D eigenvalue weighted by Crippen LogP contribution is -2.42. The minimum absolute atomic E-state index is 0.286. The topological polar surface area (TPSA) is 18.5 Å². The Labute approximate surface area is 114 Å². The Bertz CT molecular complexity index is 268. The normalized spacial score (nSPS) is 25.4. The molecule has 0 aromatic carbocycles. The van der Waals surface area contributed by atoms with E-state index in [-0.39, 0.29) is 5.04 Å². The molecule has 0 saturated carbocycles. The minimum atomic E-state index is -1.62. The third-order valence-electron chi connectivity index (χ3n) is 4.32. The maximum atomic E-state index is 6.22. The van der Waals surface area contributed by atoms with Crippen molar-refractivity contribution in [2.45, 2.75) is 76.8 Å². The number of allylic oxidation sites excluding steroid dienone is 1. The number of hydrogen-bond acceptors (Lipinski definition) is 2. The monoisotopic (exact) mass is 270 g/mol. The lowest BCUT2D eigenvalue weighted by Gasteiger charge is -2.36. The summed E-state index contributed by atoms with van der Waals surface area (Å²) in [7, 11) is -1.62. The van der Waals surface area contributed by atoms with Gasteiger partial charge in [-0.2, -0.15) is 0 Å². The summed E-state index contributed by atoms with van der Waals surface area (Å²) in [5.41, 5.74) is 0. The third kappa shape index (κ3) is 4.52. The quantitative estimate of drug-likeness (QED) is 0.522. The molecule has 1 rings (SSSR count). The zero-order chi connectivity index (χ0) is 13.8. The SMILES string of the molecule is C=CCC[C@@H]1CC[C@@H](CO[Si](C)(C)C(C)(C)C)O1. The summed E-state index contributed by atoms with van der Waals surface area (Å²) >= 11 is 0. The Morgan fingerprint density at radius 1 is 1.28 bits per heavy atom. The van der Waals surface area contributed by atoms with Gasteiger partial charge in [-0.15, -0.1) is 6.58 Å². The Hall–Kier alpha value is -0.123. The van der Waals surface area contributed by atoms with Crippen LogP contribution in [0.15, 0.2) is 12.7 Å². The van der Waals surface area contributed by atoms with Gasteiger partial charge in [-0.1, -0.05) is 26.8 Å². The van der Waals surface area contributed by atoms with Gasteiger partial charge < -0.3 is 9.16 Å². The molecule has 1 aliphatic heterocycles. The van der Waals surface area contributed by atoms with E-state index in [2.05, 4.69) is 40.4 Å². The number of rotatable bonds is 6. The van der Waals surface area contributed by atoms with Crippen molar-refractivity contribution in [3.63, 3.8) is 0 Å². The average molecular weight is 270 g/mol. The van der Waals surface area contributed by atoms with Gasteiger partial charge in [0.05, 0.1) is 18.8 Å². The Morgan fingerprint density at radius 3 is 2.44 bits per heavy atom. The first-order valence-electron chi connectivity index (χ1n) is 7.16. The van der Waals surface area contributed by atoms with Crippen LogP contribution in [-0.2, 0) is 9.16 Å². The lowest BCUT2D eigenvalue weighted by atomic mass is 10.1. The van der Waals surface area contributed by atoms with Crippen molar-refractivity contribution in [1.82, 2.24) is 0 Å². The van der Waals surface area contributed by atoms with E-state index in [1.807, 2.05) is 6.08 Å². The molecular weight excluding hydrogens is 240 g/mol. The molecule has 0 aromatic rings. The third-order valence-corrected chi connectivity index (χ3v) is 8.83. The van der Waals surface area contributed by atoms with Crippen LogP contribution < -0.4 is 0 Å². The Balaban J connectivity index is 2.31. The van der Waals surface area contributed by atoms with Gasteiger partial charge in [0.2, 0.25) is 0 Å². The van der Waals surface area contributed by atoms with E-state index in [0.29, 0.717) is 12.2 Å². The zero-order valence-corrected chi connectivity index (χ0v) is 13.8. The molecule has 0 amide bonds. The van der Waals surface area contributed by atoms with Crippen LogP contribution in [0, 0.1) is 0 Å². The van der Waals surface area contributed by atoms with Crippen LogP contribution in [0.1, 0.15) is 46.5 Å². The molecule has 0 aliphatic carbocycles. The van der Waals surface area contributed by atoms with Crippen LogP contribution in [-0.4, -0.2) is 27.1 Å². The van der Waals surface area contributed by atoms with Crippen LogP contribution in [0.3, 0.4) is 0 Å². The largest absolute Gasteiger partial charge is 0.414 e. The fraction of sp³-hybridized carbons (Fsp3) is 0.867. The summed E-state index contributed by atoms with van der Waals surface area (Å²) < 4.78 is 12.2. The molecule has 0 aromatic heterocycles. The van der Waals surface area contributed by atoms with Gasteiger partial charge in [-0.05, 0) is 43.8 Å². The van der Waals surface area contributed by atoms with Gasteiger partial charge in [0.25, 0.3) is 0 Å². The van der Waals surface area contributed by atoms with E-state index in [9.17, 15) is 0 Å². The molecule has 2 atom stereocenters. The highest BCUT2D eigenvalue weighted by atomic mass is 28.4. The molecule has 0 bridgehead atoms. The summed E-state index contributed by atoms with van der Waals surface area (Å²) in [5, 5.41) is 0.286. The first-order chi connectivity index (χ1) is 8.26. The summed E-state index contributed by atoms with van der Waals surface area (Å²) in [6.07, 6.45) is 7.21. The second kappa shape index (κ2) is 6.35. The van der Waals surface area contributed by atoms with Crippen molar-refractivity contribution in [3.8, 4) is 0 Å². The molecule has 18 heavy (non-hydrogen) atoms. The summed E-state index contributed by atoms with van der Waals surface area (Å²) in [6, 6.07) is 0. The first kappa shape index (κ1) is 15.9. The van der Waals surface area contributed by atoms with E-state index >= 15 is 0 Å². The second-order valence-electron chi connectivity index (χ2n) is 6.89. The number of ether oxygens (including phenoxy) is 1. The molecule has 106 valence electrons. The van der Waals surface area contributed by atoms with Crippen molar-refractivity contribution in [2.24, 2.45) is 0 Å². The van der Waals surface area contributed by atoms with Crippen molar-refractivity contribution in [3.05, 3.63) is 12.7 Å². The first-order valence-corrected chi connectivity index (χ1v) is 10.1. The van der Waals surface area contributed by atoms with Crippen LogP contribution in [0.2, 0.25) is 18.1 Å². The van der Waals surface area contributed by atoms with Gasteiger partial charge in [0.15, 0.2) is 8.32 Å². The fourth-order valence-corrected chi connectivity index (χ4v) is 2.97. The van der Waals surface area contributed by atoms with Crippen molar-refractivity contribution < 1.29 is 9.16 Å². The molecule has 0 spiro atoms. The van der Waals surface area contributed by atoms with Crippen LogP contribution in [0.25, 0.3) is 0 Å². The Morgan fingerprint density at radius 2 is 1.89 bits per heavy atom. The van der Waals surface area contributed by atoms with E-state index in [1.54, 1.807) is 0 Å². The molecule has 3 heteroatoms. The predicted molar refractivity (Wildman–Crippen MR) is 80.5 cm³/mol. The minimum Gasteiger partial charge on any atom is -0.414 e. The van der Waals surface area contributed by atoms with Crippen LogP contribution in [0.4, 0.5) is 0 Å². The van der Waals surface area contributed by atoms with Crippen LogP contribution >= 0.6 is 0 Å². The highest BCUT2D eigenvalue weighted by molar-refractivity contribution is 6.74. The molecule has 1 fully saturated rings. The Kier molecular flexibility index (Phi) is 5.62. The molecule has 2 nitrogen and oxygen atoms in total. The average Bonchev–Trinajstić information content (AvgIpc) is 2.70. The van der Waals surface area contributed by atoms with Gasteiger partial charge in [-0.3, -0.25) is 0 Å². The summed E-state index contributed by atoms with van der Waals surface area (Å²) in [4.78, 5) is 0.